The summed E-state index contributed by atoms with van der Waals surface area (Å²) < 4.78 is 0. The summed E-state index contributed by atoms with van der Waals surface area (Å²) in [6.45, 7) is 1.60. The zero-order chi connectivity index (χ0) is 17.5. The monoisotopic (exact) mass is 346 g/mol. The lowest BCUT2D eigenvalue weighted by Crippen LogP contribution is -2.26. The van der Waals surface area contributed by atoms with Crippen LogP contribution in [0.1, 0.15) is 12.5 Å². The molecule has 0 amide bonds. The van der Waals surface area contributed by atoms with Gasteiger partial charge in [0.2, 0.25) is 0 Å². The number of hydrogen-bond acceptors (Lipinski definition) is 6. The molecule has 2 aromatic carbocycles. The van der Waals surface area contributed by atoms with Gasteiger partial charge in [0.05, 0.1) is 11.9 Å². The van der Waals surface area contributed by atoms with Crippen molar-refractivity contribution in [3.05, 3.63) is 53.1 Å². The van der Waals surface area contributed by atoms with Gasteiger partial charge in [-0.3, -0.25) is 10.7 Å². The molecule has 0 aromatic heterocycles. The van der Waals surface area contributed by atoms with Gasteiger partial charge in [0.1, 0.15) is 17.2 Å². The molecule has 4 N–H and O–H groups in total. The van der Waals surface area contributed by atoms with E-state index in [9.17, 15) is 15.4 Å². The fraction of sp³-hybridized carbons (Fsp3) is 0.0625. The molecule has 2 aromatic rings. The molecule has 0 saturated carbocycles. The lowest BCUT2D eigenvalue weighted by Gasteiger charge is -2.03. The number of nitrogens with zero attached hydrogens (tertiary/aromatic N) is 3. The summed E-state index contributed by atoms with van der Waals surface area (Å²) in [6, 6.07) is 10.8. The highest BCUT2D eigenvalue weighted by molar-refractivity contribution is 6.40. The second kappa shape index (κ2) is 8.09. The van der Waals surface area contributed by atoms with Gasteiger partial charge < -0.3 is 10.2 Å². The summed E-state index contributed by atoms with van der Waals surface area (Å²) >= 11 is 5.80. The molecule has 0 saturated heterocycles. The number of nitrogens with one attached hydrogen (secondary N) is 1. The maximum absolute atomic E-state index is 9.64. The summed E-state index contributed by atoms with van der Waals surface area (Å²) in [5, 5.41) is 36.4. The molecule has 124 valence electrons. The van der Waals surface area contributed by atoms with Crippen molar-refractivity contribution in [2.24, 2.45) is 15.2 Å². The Morgan fingerprint density at radius 3 is 2.46 bits per heavy atom. The van der Waals surface area contributed by atoms with E-state index in [-0.39, 0.29) is 17.3 Å². The lowest BCUT2D eigenvalue weighted by atomic mass is 10.2. The van der Waals surface area contributed by atoms with Gasteiger partial charge in [-0.15, -0.1) is 0 Å². The first-order valence-electron chi connectivity index (χ1n) is 6.84. The van der Waals surface area contributed by atoms with Crippen LogP contribution in [0.3, 0.4) is 0 Å². The largest absolute Gasteiger partial charge is 0.508 e. The number of hydroxylamine groups is 1. The normalized spacial score (nSPS) is 12.6. The van der Waals surface area contributed by atoms with Crippen LogP contribution in [0.25, 0.3) is 0 Å². The number of phenols is 2. The molecule has 8 heteroatoms. The van der Waals surface area contributed by atoms with Crippen molar-refractivity contribution in [3.63, 3.8) is 0 Å². The van der Waals surface area contributed by atoms with Crippen molar-refractivity contribution in [1.82, 2.24) is 5.48 Å². The van der Waals surface area contributed by atoms with E-state index in [4.69, 9.17) is 11.6 Å². The maximum atomic E-state index is 9.64. The molecule has 0 aliphatic carbocycles. The molecular weight excluding hydrogens is 332 g/mol. The molecule has 0 aliphatic heterocycles. The highest BCUT2D eigenvalue weighted by Crippen LogP contribution is 2.21. The van der Waals surface area contributed by atoms with E-state index in [1.807, 2.05) is 5.48 Å². The second-order valence-electron chi connectivity index (χ2n) is 4.72. The number of aromatic hydroxyl groups is 2. The minimum Gasteiger partial charge on any atom is -0.508 e. The van der Waals surface area contributed by atoms with Crippen molar-refractivity contribution in [2.45, 2.75) is 6.92 Å². The Kier molecular flexibility index (Phi) is 5.89. The summed E-state index contributed by atoms with van der Waals surface area (Å²) in [5.41, 5.74) is 3.24. The maximum Gasteiger partial charge on any atom is 0.173 e. The molecule has 0 spiro atoms. The number of halogens is 1. The quantitative estimate of drug-likeness (QED) is 0.387. The lowest BCUT2D eigenvalue weighted by molar-refractivity contribution is 0.236. The minimum absolute atomic E-state index is 0.0498. The van der Waals surface area contributed by atoms with Crippen LogP contribution in [0, 0.1) is 0 Å². The van der Waals surface area contributed by atoms with Crippen LogP contribution >= 0.6 is 11.6 Å². The third-order valence-electron chi connectivity index (χ3n) is 2.93. The average molecular weight is 347 g/mol. The van der Waals surface area contributed by atoms with E-state index in [2.05, 4.69) is 15.2 Å². The van der Waals surface area contributed by atoms with Gasteiger partial charge in [-0.25, -0.2) is 4.99 Å². The van der Waals surface area contributed by atoms with Crippen LogP contribution in [-0.2, 0) is 0 Å². The van der Waals surface area contributed by atoms with Crippen molar-refractivity contribution in [3.8, 4) is 11.5 Å². The van der Waals surface area contributed by atoms with Gasteiger partial charge in [-0.05, 0) is 43.3 Å². The van der Waals surface area contributed by atoms with Crippen molar-refractivity contribution < 1.29 is 15.4 Å². The second-order valence-corrected chi connectivity index (χ2v) is 5.16. The minimum atomic E-state index is -0.123. The highest BCUT2D eigenvalue weighted by atomic mass is 35.5. The summed E-state index contributed by atoms with van der Waals surface area (Å²) in [6.07, 6.45) is 1.32. The van der Waals surface area contributed by atoms with Crippen LogP contribution in [0.2, 0.25) is 5.02 Å². The van der Waals surface area contributed by atoms with E-state index >= 15 is 0 Å². The third kappa shape index (κ3) is 4.80. The van der Waals surface area contributed by atoms with Crippen LogP contribution < -0.4 is 5.48 Å². The van der Waals surface area contributed by atoms with Crippen LogP contribution in [0.5, 0.6) is 11.5 Å². The SMILES string of the molecule is CC(=NN=Cc1ccc(O)cc1O)C(=Nc1ccc(Cl)cc1)NO. The number of rotatable bonds is 4. The van der Waals surface area contributed by atoms with E-state index in [0.717, 1.165) is 0 Å². The third-order valence-corrected chi connectivity index (χ3v) is 3.19. The molecule has 0 atom stereocenters. The summed E-state index contributed by atoms with van der Waals surface area (Å²) in [5.74, 6) is -0.0578. The fourth-order valence-corrected chi connectivity index (χ4v) is 1.82. The molecule has 0 unspecified atom stereocenters. The molecule has 0 heterocycles. The van der Waals surface area contributed by atoms with Gasteiger partial charge in [-0.1, -0.05) is 11.6 Å². The Morgan fingerprint density at radius 2 is 1.83 bits per heavy atom. The van der Waals surface area contributed by atoms with Gasteiger partial charge >= 0.3 is 0 Å². The molecule has 2 rings (SSSR count). The number of benzene rings is 2. The molecule has 0 radical (unpaired) electrons. The Hall–Kier alpha value is -2.90. The Morgan fingerprint density at radius 1 is 1.12 bits per heavy atom. The van der Waals surface area contributed by atoms with Gasteiger partial charge in [0.25, 0.3) is 0 Å². The van der Waals surface area contributed by atoms with Gasteiger partial charge in [0, 0.05) is 16.7 Å². The van der Waals surface area contributed by atoms with Crippen molar-refractivity contribution >= 4 is 35.1 Å². The predicted octanol–water partition coefficient (Wildman–Crippen LogP) is 3.26. The molecular formula is C16H15ClN4O3. The average Bonchev–Trinajstić information content (AvgIpc) is 2.56. The Balaban J connectivity index is 2.18. The zero-order valence-electron chi connectivity index (χ0n) is 12.7. The standard InChI is InChI=1S/C16H15ClN4O3/c1-10(16(21-24)19-13-5-3-12(17)4-6-13)20-18-9-11-2-7-14(22)8-15(11)23/h2-9,22-24H,1H3,(H,19,21). The number of amidine groups is 1. The van der Waals surface area contributed by atoms with E-state index in [0.29, 0.717) is 22.0 Å². The Labute approximate surface area is 143 Å². The molecule has 7 nitrogen and oxygen atoms in total. The summed E-state index contributed by atoms with van der Waals surface area (Å²) in [4.78, 5) is 4.18. The molecule has 24 heavy (non-hydrogen) atoms. The van der Waals surface area contributed by atoms with E-state index in [1.54, 1.807) is 31.2 Å². The van der Waals surface area contributed by atoms with Crippen LogP contribution in [0.15, 0.2) is 57.7 Å². The van der Waals surface area contributed by atoms with Crippen LogP contribution in [0.4, 0.5) is 5.69 Å². The molecule has 0 aliphatic rings. The first-order chi connectivity index (χ1) is 11.5. The molecule has 0 fully saturated rings. The first kappa shape index (κ1) is 17.5. The highest BCUT2D eigenvalue weighted by Gasteiger charge is 2.03. The summed E-state index contributed by atoms with van der Waals surface area (Å²) in [7, 11) is 0. The van der Waals surface area contributed by atoms with Crippen LogP contribution in [-0.4, -0.2) is 33.2 Å². The van der Waals surface area contributed by atoms with Gasteiger partial charge in [0.15, 0.2) is 5.84 Å². The number of phenolic OH excluding ortho intramolecular Hbond substituents is 2. The topological polar surface area (TPSA) is 110 Å². The van der Waals surface area contributed by atoms with Crippen molar-refractivity contribution in [2.75, 3.05) is 0 Å². The number of hydrogen-bond donors (Lipinski definition) is 4. The molecule has 0 bridgehead atoms. The zero-order valence-corrected chi connectivity index (χ0v) is 13.4. The smallest absolute Gasteiger partial charge is 0.173 e. The van der Waals surface area contributed by atoms with Crippen molar-refractivity contribution in [1.29, 1.82) is 0 Å². The predicted molar refractivity (Wildman–Crippen MR) is 93.9 cm³/mol. The van der Waals surface area contributed by atoms with E-state index in [1.165, 1.54) is 24.4 Å². The number of aliphatic imine (C=N–C) groups is 1. The van der Waals surface area contributed by atoms with Gasteiger partial charge in [-0.2, -0.15) is 10.2 Å². The fourth-order valence-electron chi connectivity index (χ4n) is 1.70. The first-order valence-corrected chi connectivity index (χ1v) is 7.21. The Bertz CT molecular complexity index is 801. The van der Waals surface area contributed by atoms with E-state index < -0.39 is 0 Å².